The van der Waals surface area contributed by atoms with Crippen LogP contribution >= 0.6 is 0 Å². The van der Waals surface area contributed by atoms with Gasteiger partial charge in [-0.05, 0) is 37.1 Å². The SMILES string of the molecule is N#Cc1cc(N2CCCC(c3nnc4ccccn34)C2)c2ccccc2n1. The molecular formula is C21H18N6. The summed E-state index contributed by atoms with van der Waals surface area (Å²) in [4.78, 5) is 6.81. The summed E-state index contributed by atoms with van der Waals surface area (Å²) >= 11 is 0. The van der Waals surface area contributed by atoms with Gasteiger partial charge < -0.3 is 4.90 Å². The first-order valence-corrected chi connectivity index (χ1v) is 9.18. The van der Waals surface area contributed by atoms with Crippen LogP contribution in [-0.2, 0) is 0 Å². The highest BCUT2D eigenvalue weighted by Crippen LogP contribution is 2.33. The molecule has 1 fully saturated rings. The largest absolute Gasteiger partial charge is 0.370 e. The molecule has 6 nitrogen and oxygen atoms in total. The number of para-hydroxylation sites is 1. The second-order valence-corrected chi connectivity index (χ2v) is 6.93. The third-order valence-electron chi connectivity index (χ3n) is 5.28. The number of rotatable bonds is 2. The number of hydrogen-bond acceptors (Lipinski definition) is 5. The smallest absolute Gasteiger partial charge is 0.160 e. The van der Waals surface area contributed by atoms with Crippen molar-refractivity contribution in [2.45, 2.75) is 18.8 Å². The molecule has 0 amide bonds. The fourth-order valence-electron chi connectivity index (χ4n) is 4.02. The minimum absolute atomic E-state index is 0.300. The summed E-state index contributed by atoms with van der Waals surface area (Å²) in [6.45, 7) is 1.82. The summed E-state index contributed by atoms with van der Waals surface area (Å²) in [6.07, 6.45) is 4.19. The van der Waals surface area contributed by atoms with E-state index in [0.29, 0.717) is 11.6 Å². The Labute approximate surface area is 156 Å². The fraction of sp³-hybridized carbons (Fsp3) is 0.238. The number of aromatic nitrogens is 4. The van der Waals surface area contributed by atoms with Crippen LogP contribution < -0.4 is 4.90 Å². The summed E-state index contributed by atoms with van der Waals surface area (Å²) in [5.41, 5.74) is 3.28. The van der Waals surface area contributed by atoms with Crippen molar-refractivity contribution in [1.29, 1.82) is 5.26 Å². The molecule has 0 saturated carbocycles. The number of anilines is 1. The fourth-order valence-corrected chi connectivity index (χ4v) is 4.02. The second-order valence-electron chi connectivity index (χ2n) is 6.93. The van der Waals surface area contributed by atoms with Gasteiger partial charge in [-0.15, -0.1) is 10.2 Å². The van der Waals surface area contributed by atoms with Gasteiger partial charge in [0.1, 0.15) is 17.6 Å². The molecule has 0 radical (unpaired) electrons. The van der Waals surface area contributed by atoms with Crippen LogP contribution in [0.15, 0.2) is 54.7 Å². The number of hydrogen-bond donors (Lipinski definition) is 0. The monoisotopic (exact) mass is 354 g/mol. The van der Waals surface area contributed by atoms with Gasteiger partial charge in [-0.1, -0.05) is 24.3 Å². The number of pyridine rings is 2. The van der Waals surface area contributed by atoms with Crippen molar-refractivity contribution >= 4 is 22.2 Å². The number of nitrogens with zero attached hydrogens (tertiary/aromatic N) is 6. The van der Waals surface area contributed by atoms with Crippen LogP contribution in [0.1, 0.15) is 30.3 Å². The molecule has 132 valence electrons. The molecule has 1 saturated heterocycles. The molecule has 0 spiro atoms. The molecule has 0 aliphatic carbocycles. The summed E-state index contributed by atoms with van der Waals surface area (Å²) in [6, 6.07) is 18.1. The van der Waals surface area contributed by atoms with Gasteiger partial charge in [-0.25, -0.2) is 4.98 Å². The molecule has 3 aromatic heterocycles. The molecule has 1 aromatic carbocycles. The Hall–Kier alpha value is -3.46. The van der Waals surface area contributed by atoms with Crippen LogP contribution in [0.3, 0.4) is 0 Å². The minimum Gasteiger partial charge on any atom is -0.370 e. The standard InChI is InChI=1S/C21H18N6/c22-13-16-12-19(17-7-1-2-8-18(17)23-16)26-10-5-6-15(14-26)21-25-24-20-9-3-4-11-27(20)21/h1-4,7-9,11-12,15H,5-6,10,14H2. The lowest BCUT2D eigenvalue weighted by molar-refractivity contribution is 0.489. The first-order valence-electron chi connectivity index (χ1n) is 9.18. The van der Waals surface area contributed by atoms with E-state index < -0.39 is 0 Å². The van der Waals surface area contributed by atoms with Gasteiger partial charge in [0, 0.05) is 36.3 Å². The number of fused-ring (bicyclic) bond motifs is 2. The van der Waals surface area contributed by atoms with E-state index in [-0.39, 0.29) is 0 Å². The molecule has 5 rings (SSSR count). The molecule has 27 heavy (non-hydrogen) atoms. The van der Waals surface area contributed by atoms with Gasteiger partial charge in [0.2, 0.25) is 0 Å². The van der Waals surface area contributed by atoms with Gasteiger partial charge in [-0.3, -0.25) is 4.40 Å². The Kier molecular flexibility index (Phi) is 3.72. The molecule has 1 aliphatic rings. The second kappa shape index (κ2) is 6.36. The molecular weight excluding hydrogens is 336 g/mol. The average molecular weight is 354 g/mol. The van der Waals surface area contributed by atoms with Crippen molar-refractivity contribution in [2.75, 3.05) is 18.0 Å². The van der Waals surface area contributed by atoms with Crippen LogP contribution in [0.5, 0.6) is 0 Å². The lowest BCUT2D eigenvalue weighted by Crippen LogP contribution is -2.35. The zero-order valence-corrected chi connectivity index (χ0v) is 14.8. The average Bonchev–Trinajstić information content (AvgIpc) is 3.17. The van der Waals surface area contributed by atoms with Crippen molar-refractivity contribution in [2.24, 2.45) is 0 Å². The van der Waals surface area contributed by atoms with Crippen LogP contribution in [0.25, 0.3) is 16.6 Å². The van der Waals surface area contributed by atoms with Crippen molar-refractivity contribution in [3.05, 3.63) is 66.2 Å². The summed E-state index contributed by atoms with van der Waals surface area (Å²) in [5, 5.41) is 19.2. The molecule has 1 unspecified atom stereocenters. The van der Waals surface area contributed by atoms with Crippen molar-refractivity contribution in [1.82, 2.24) is 19.6 Å². The summed E-state index contributed by atoms with van der Waals surface area (Å²) in [5.74, 6) is 1.31. The predicted molar refractivity (Wildman–Crippen MR) is 104 cm³/mol. The van der Waals surface area contributed by atoms with Gasteiger partial charge in [-0.2, -0.15) is 5.26 Å². The van der Waals surface area contributed by atoms with E-state index >= 15 is 0 Å². The van der Waals surface area contributed by atoms with Gasteiger partial charge >= 0.3 is 0 Å². The van der Waals surface area contributed by atoms with E-state index in [1.807, 2.05) is 48.7 Å². The maximum Gasteiger partial charge on any atom is 0.160 e. The first-order chi connectivity index (χ1) is 13.3. The van der Waals surface area contributed by atoms with E-state index in [9.17, 15) is 5.26 Å². The molecule has 6 heteroatoms. The van der Waals surface area contributed by atoms with Crippen molar-refractivity contribution in [3.63, 3.8) is 0 Å². The van der Waals surface area contributed by atoms with Crippen LogP contribution in [-0.4, -0.2) is 32.7 Å². The lowest BCUT2D eigenvalue weighted by Gasteiger charge is -2.34. The summed E-state index contributed by atoms with van der Waals surface area (Å²) in [7, 11) is 0. The maximum atomic E-state index is 9.39. The predicted octanol–water partition coefficient (Wildman–Crippen LogP) is 3.53. The van der Waals surface area contributed by atoms with Crippen molar-refractivity contribution in [3.8, 4) is 6.07 Å². The number of piperidine rings is 1. The molecule has 0 bridgehead atoms. The van der Waals surface area contributed by atoms with E-state index in [4.69, 9.17) is 0 Å². The van der Waals surface area contributed by atoms with E-state index in [1.54, 1.807) is 0 Å². The third-order valence-corrected chi connectivity index (χ3v) is 5.28. The Morgan fingerprint density at radius 2 is 1.96 bits per heavy atom. The highest BCUT2D eigenvalue weighted by molar-refractivity contribution is 5.92. The molecule has 0 N–H and O–H groups in total. The minimum atomic E-state index is 0.300. The quantitative estimate of drug-likeness (QED) is 0.551. The van der Waals surface area contributed by atoms with E-state index in [1.165, 1.54) is 0 Å². The molecule has 1 atom stereocenters. The van der Waals surface area contributed by atoms with Crippen molar-refractivity contribution < 1.29 is 0 Å². The van der Waals surface area contributed by atoms with Crippen LogP contribution in [0.4, 0.5) is 5.69 Å². The van der Waals surface area contributed by atoms with Gasteiger partial charge in [0.05, 0.1) is 5.52 Å². The maximum absolute atomic E-state index is 9.39. The topological polar surface area (TPSA) is 70.1 Å². The Balaban J connectivity index is 1.55. The summed E-state index contributed by atoms with van der Waals surface area (Å²) < 4.78 is 2.08. The Bertz CT molecular complexity index is 1170. The Morgan fingerprint density at radius 3 is 2.89 bits per heavy atom. The molecule has 4 heterocycles. The lowest BCUT2D eigenvalue weighted by atomic mass is 9.96. The highest BCUT2D eigenvalue weighted by Gasteiger charge is 2.26. The van der Waals surface area contributed by atoms with Gasteiger partial charge in [0.25, 0.3) is 0 Å². The van der Waals surface area contributed by atoms with Crippen LogP contribution in [0, 0.1) is 11.3 Å². The van der Waals surface area contributed by atoms with Crippen LogP contribution in [0.2, 0.25) is 0 Å². The third kappa shape index (κ3) is 2.68. The highest BCUT2D eigenvalue weighted by atomic mass is 15.3. The van der Waals surface area contributed by atoms with E-state index in [0.717, 1.165) is 54.0 Å². The first kappa shape index (κ1) is 15.8. The zero-order valence-electron chi connectivity index (χ0n) is 14.8. The number of benzene rings is 1. The molecule has 4 aromatic rings. The Morgan fingerprint density at radius 1 is 1.07 bits per heavy atom. The van der Waals surface area contributed by atoms with E-state index in [2.05, 4.69) is 36.6 Å². The number of nitriles is 1. The molecule has 1 aliphatic heterocycles. The zero-order chi connectivity index (χ0) is 18.2. The van der Waals surface area contributed by atoms with Gasteiger partial charge in [0.15, 0.2) is 5.65 Å². The normalized spacial score (nSPS) is 17.3.